The van der Waals surface area contributed by atoms with Crippen LogP contribution in [-0.4, -0.2) is 48.2 Å². The van der Waals surface area contributed by atoms with Crippen LogP contribution in [0.3, 0.4) is 0 Å². The van der Waals surface area contributed by atoms with Crippen molar-refractivity contribution in [3.05, 3.63) is 90.3 Å². The number of nitrogens with one attached hydrogen (secondary N) is 1. The second kappa shape index (κ2) is 15.1. The number of hydrogen-bond acceptors (Lipinski definition) is 9. The summed E-state index contributed by atoms with van der Waals surface area (Å²) in [5.74, 6) is -1.03. The minimum Gasteiger partial charge on any atom is -0.493 e. The number of benzene rings is 3. The van der Waals surface area contributed by atoms with E-state index in [0.29, 0.717) is 44.4 Å². The molecule has 3 aromatic carbocycles. The number of ether oxygens (including phenoxy) is 3. The van der Waals surface area contributed by atoms with E-state index in [1.807, 2.05) is 13.0 Å². The maximum atomic E-state index is 13.1. The van der Waals surface area contributed by atoms with Gasteiger partial charge in [0.15, 0.2) is 11.5 Å². The van der Waals surface area contributed by atoms with Gasteiger partial charge in [-0.1, -0.05) is 36.7 Å². The molecule has 1 aliphatic heterocycles. The molecule has 0 aliphatic carbocycles. The molecule has 44 heavy (non-hydrogen) atoms. The summed E-state index contributed by atoms with van der Waals surface area (Å²) in [6.07, 6.45) is 2.17. The van der Waals surface area contributed by atoms with Crippen molar-refractivity contribution >= 4 is 80.7 Å². The second-order valence-corrected chi connectivity index (χ2v) is 11.8. The monoisotopic (exact) mass is 745 g/mol. The Morgan fingerprint density at radius 1 is 1.16 bits per heavy atom. The summed E-state index contributed by atoms with van der Waals surface area (Å²) < 4.78 is 17.3. The molecule has 0 radical (unpaired) electrons. The number of esters is 1. The van der Waals surface area contributed by atoms with Crippen molar-refractivity contribution in [1.29, 1.82) is 5.26 Å². The average molecular weight is 746 g/mol. The van der Waals surface area contributed by atoms with Crippen LogP contribution in [0.15, 0.2) is 59.5 Å². The van der Waals surface area contributed by atoms with Crippen LogP contribution in [0.25, 0.3) is 6.08 Å². The first kappa shape index (κ1) is 32.8. The van der Waals surface area contributed by atoms with Gasteiger partial charge < -0.3 is 19.5 Å². The lowest BCUT2D eigenvalue weighted by molar-refractivity contribution is -0.127. The number of thioether (sulfide) groups is 1. The van der Waals surface area contributed by atoms with Crippen LogP contribution >= 0.6 is 46.0 Å². The molecule has 1 N–H and O–H groups in total. The summed E-state index contributed by atoms with van der Waals surface area (Å²) in [6, 6.07) is 17.0. The van der Waals surface area contributed by atoms with Crippen molar-refractivity contribution in [1.82, 2.24) is 4.90 Å². The Bertz CT molecular complexity index is 1710. The number of nitriles is 1. The van der Waals surface area contributed by atoms with E-state index in [1.54, 1.807) is 30.3 Å². The number of imide groups is 1. The number of carbonyl (C=O) groups excluding carboxylic acids is 4. The third-order valence-electron chi connectivity index (χ3n) is 6.14. The Hall–Kier alpha value is -4.06. The predicted molar refractivity (Wildman–Crippen MR) is 175 cm³/mol. The summed E-state index contributed by atoms with van der Waals surface area (Å²) in [6.45, 7) is 1.70. The Morgan fingerprint density at radius 3 is 2.66 bits per heavy atom. The molecule has 0 spiro atoms. The Balaban J connectivity index is 1.45. The molecule has 1 heterocycles. The molecule has 1 fully saturated rings. The smallest absolute Gasteiger partial charge is 0.339 e. The van der Waals surface area contributed by atoms with Crippen LogP contribution in [0.2, 0.25) is 5.02 Å². The lowest BCUT2D eigenvalue weighted by atomic mass is 10.1. The summed E-state index contributed by atoms with van der Waals surface area (Å²) in [7, 11) is 1.48. The van der Waals surface area contributed by atoms with Gasteiger partial charge in [-0.3, -0.25) is 19.3 Å². The zero-order valence-electron chi connectivity index (χ0n) is 23.5. The quantitative estimate of drug-likeness (QED) is 0.130. The maximum Gasteiger partial charge on any atom is 0.339 e. The fourth-order valence-electron chi connectivity index (χ4n) is 4.03. The fraction of sp³-hybridized carbons (Fsp3) is 0.194. The molecule has 3 aromatic rings. The molecular formula is C31H25ClIN3O7S. The second-order valence-electron chi connectivity index (χ2n) is 9.24. The van der Waals surface area contributed by atoms with Crippen molar-refractivity contribution in [2.45, 2.75) is 20.0 Å². The van der Waals surface area contributed by atoms with E-state index < -0.39 is 29.6 Å². The lowest BCUT2D eigenvalue weighted by Gasteiger charge is -2.14. The SMILES string of the molecule is CCCOC(=O)c1cc(NC(=O)CN2C(=O)S/C(=C/c3cc(I)c(OCc4ccccc4C#N)c(OC)c3)C2=O)ccc1Cl. The molecule has 13 heteroatoms. The molecule has 226 valence electrons. The minimum absolute atomic E-state index is 0.0838. The summed E-state index contributed by atoms with van der Waals surface area (Å²) in [5.41, 5.74) is 2.15. The summed E-state index contributed by atoms with van der Waals surface area (Å²) in [4.78, 5) is 51.7. The third kappa shape index (κ3) is 7.90. The lowest BCUT2D eigenvalue weighted by Crippen LogP contribution is -2.36. The molecule has 0 bridgehead atoms. The highest BCUT2D eigenvalue weighted by Gasteiger charge is 2.36. The maximum absolute atomic E-state index is 13.1. The van der Waals surface area contributed by atoms with Crippen LogP contribution in [0.1, 0.15) is 40.4 Å². The Kier molecular flexibility index (Phi) is 11.3. The number of halogens is 2. The van der Waals surface area contributed by atoms with Gasteiger partial charge in [-0.25, -0.2) is 4.79 Å². The van der Waals surface area contributed by atoms with E-state index in [2.05, 4.69) is 34.0 Å². The number of methoxy groups -OCH3 is 1. The van der Waals surface area contributed by atoms with Crippen molar-refractivity contribution in [3.63, 3.8) is 0 Å². The van der Waals surface area contributed by atoms with Crippen molar-refractivity contribution in [2.75, 3.05) is 25.6 Å². The zero-order chi connectivity index (χ0) is 31.8. The highest BCUT2D eigenvalue weighted by molar-refractivity contribution is 14.1. The predicted octanol–water partition coefficient (Wildman–Crippen LogP) is 6.65. The molecule has 10 nitrogen and oxygen atoms in total. The van der Waals surface area contributed by atoms with Crippen molar-refractivity contribution < 1.29 is 33.4 Å². The van der Waals surface area contributed by atoms with Crippen LogP contribution in [0, 0.1) is 14.9 Å². The Morgan fingerprint density at radius 2 is 1.93 bits per heavy atom. The van der Waals surface area contributed by atoms with E-state index in [9.17, 15) is 24.4 Å². The number of amides is 3. The summed E-state index contributed by atoms with van der Waals surface area (Å²) >= 11 is 8.90. The van der Waals surface area contributed by atoms with Gasteiger partial charge in [0.1, 0.15) is 13.2 Å². The van der Waals surface area contributed by atoms with Crippen molar-refractivity contribution in [3.8, 4) is 17.6 Å². The first-order valence-electron chi connectivity index (χ1n) is 13.1. The highest BCUT2D eigenvalue weighted by atomic mass is 127. The highest BCUT2D eigenvalue weighted by Crippen LogP contribution is 2.38. The molecule has 0 saturated carbocycles. The van der Waals surface area contributed by atoms with Gasteiger partial charge in [0.25, 0.3) is 11.1 Å². The van der Waals surface area contributed by atoms with Gasteiger partial charge >= 0.3 is 5.97 Å². The molecule has 0 atom stereocenters. The van der Waals surface area contributed by atoms with Crippen LogP contribution < -0.4 is 14.8 Å². The van der Waals surface area contributed by atoms with Crippen molar-refractivity contribution in [2.24, 2.45) is 0 Å². The van der Waals surface area contributed by atoms with Gasteiger partial charge in [-0.05, 0) is 88.8 Å². The fourth-order valence-corrected chi connectivity index (χ4v) is 5.85. The van der Waals surface area contributed by atoms with E-state index in [1.165, 1.54) is 31.4 Å². The Labute approximate surface area is 276 Å². The van der Waals surface area contributed by atoms with E-state index in [-0.39, 0.29) is 34.4 Å². The van der Waals surface area contributed by atoms with Crippen LogP contribution in [0.5, 0.6) is 11.5 Å². The first-order chi connectivity index (χ1) is 21.1. The number of rotatable bonds is 11. The number of anilines is 1. The first-order valence-corrected chi connectivity index (χ1v) is 15.4. The topological polar surface area (TPSA) is 135 Å². The average Bonchev–Trinajstić information content (AvgIpc) is 3.27. The van der Waals surface area contributed by atoms with Gasteiger partial charge in [0.05, 0.1) is 44.4 Å². The van der Waals surface area contributed by atoms with E-state index in [0.717, 1.165) is 10.5 Å². The molecule has 1 saturated heterocycles. The number of hydrogen-bond donors (Lipinski definition) is 1. The largest absolute Gasteiger partial charge is 0.493 e. The standard InChI is InChI=1S/C31H25ClIN3O7S/c1-3-10-42-30(39)22-14-21(8-9-23(22)32)35-27(37)16-36-29(38)26(44-31(36)40)13-18-11-24(33)28(25(12-18)41-2)43-17-20-7-5-4-6-19(20)15-34/h4-9,11-14H,3,10,16-17H2,1-2H3,(H,35,37)/b26-13+. The third-order valence-corrected chi connectivity index (χ3v) is 8.18. The normalized spacial score (nSPS) is 13.5. The molecule has 4 rings (SSSR count). The molecular weight excluding hydrogens is 721 g/mol. The molecule has 3 amide bonds. The molecule has 1 aliphatic rings. The van der Waals surface area contributed by atoms with Crippen LogP contribution in [-0.2, 0) is 20.9 Å². The van der Waals surface area contributed by atoms with Gasteiger partial charge in [0.2, 0.25) is 5.91 Å². The van der Waals surface area contributed by atoms with E-state index >= 15 is 0 Å². The number of nitrogens with zero attached hydrogens (tertiary/aromatic N) is 2. The summed E-state index contributed by atoms with van der Waals surface area (Å²) in [5, 5.41) is 11.5. The minimum atomic E-state index is -0.639. The van der Waals surface area contributed by atoms with E-state index in [4.69, 9.17) is 25.8 Å². The zero-order valence-corrected chi connectivity index (χ0v) is 27.2. The van der Waals surface area contributed by atoms with Crippen LogP contribution in [0.4, 0.5) is 10.5 Å². The number of carbonyl (C=O) groups is 4. The van der Waals surface area contributed by atoms with Gasteiger partial charge in [0, 0.05) is 11.3 Å². The molecule has 0 aromatic heterocycles. The molecule has 0 unspecified atom stereocenters. The van der Waals surface area contributed by atoms with Gasteiger partial charge in [-0.15, -0.1) is 0 Å². The van der Waals surface area contributed by atoms with Gasteiger partial charge in [-0.2, -0.15) is 5.26 Å².